The third-order valence-corrected chi connectivity index (χ3v) is 2.80. The van der Waals surface area contributed by atoms with Gasteiger partial charge in [0.25, 0.3) is 0 Å². The number of hydrogen-bond acceptors (Lipinski definition) is 4. The van der Waals surface area contributed by atoms with Gasteiger partial charge in [0.1, 0.15) is 5.52 Å². The molecule has 0 aliphatic rings. The van der Waals surface area contributed by atoms with Gasteiger partial charge in [-0.3, -0.25) is 4.79 Å². The summed E-state index contributed by atoms with van der Waals surface area (Å²) < 4.78 is 1.64. The molecular weight excluding hydrogens is 248 g/mol. The molecular formula is C12H14N4O3. The van der Waals surface area contributed by atoms with Crippen molar-refractivity contribution < 1.29 is 14.7 Å². The van der Waals surface area contributed by atoms with Gasteiger partial charge in [0.2, 0.25) is 5.91 Å². The molecule has 0 aliphatic carbocycles. The number of aryl methyl sites for hydroxylation is 1. The van der Waals surface area contributed by atoms with E-state index >= 15 is 0 Å². The Hall–Kier alpha value is -2.44. The summed E-state index contributed by atoms with van der Waals surface area (Å²) >= 11 is 0. The second-order valence-corrected chi connectivity index (χ2v) is 4.24. The number of primary amides is 1. The molecule has 0 atom stereocenters. The second-order valence-electron chi connectivity index (χ2n) is 4.24. The Balaban J connectivity index is 2.12. The minimum absolute atomic E-state index is 0.202. The highest BCUT2D eigenvalue weighted by Crippen LogP contribution is 2.14. The SMILES string of the molecule is NC(=O)CCCCn1nnc2ccc(C(=O)O)cc21. The van der Waals surface area contributed by atoms with Gasteiger partial charge in [-0.15, -0.1) is 5.10 Å². The fourth-order valence-electron chi connectivity index (χ4n) is 1.82. The van der Waals surface area contributed by atoms with Crippen LogP contribution in [0, 0.1) is 0 Å². The summed E-state index contributed by atoms with van der Waals surface area (Å²) in [6, 6.07) is 4.67. The Bertz CT molecular complexity index is 620. The molecule has 0 saturated heterocycles. The number of carbonyl (C=O) groups excluding carboxylic acids is 1. The van der Waals surface area contributed by atoms with E-state index in [1.165, 1.54) is 6.07 Å². The number of carboxylic acids is 1. The van der Waals surface area contributed by atoms with E-state index in [9.17, 15) is 9.59 Å². The molecule has 19 heavy (non-hydrogen) atoms. The van der Waals surface area contributed by atoms with Crippen LogP contribution >= 0.6 is 0 Å². The molecule has 3 N–H and O–H groups in total. The highest BCUT2D eigenvalue weighted by molar-refractivity contribution is 5.92. The van der Waals surface area contributed by atoms with Gasteiger partial charge >= 0.3 is 5.97 Å². The van der Waals surface area contributed by atoms with Crippen LogP contribution in [0.15, 0.2) is 18.2 Å². The van der Waals surface area contributed by atoms with Gasteiger partial charge in [-0.25, -0.2) is 9.48 Å². The first-order valence-electron chi connectivity index (χ1n) is 5.93. The van der Waals surface area contributed by atoms with Crippen molar-refractivity contribution in [2.75, 3.05) is 0 Å². The molecule has 0 bridgehead atoms. The van der Waals surface area contributed by atoms with Crippen molar-refractivity contribution in [3.63, 3.8) is 0 Å². The number of fused-ring (bicyclic) bond motifs is 1. The van der Waals surface area contributed by atoms with Gasteiger partial charge in [0.05, 0.1) is 11.1 Å². The van der Waals surface area contributed by atoms with Crippen LogP contribution in [0.4, 0.5) is 0 Å². The summed E-state index contributed by atoms with van der Waals surface area (Å²) in [7, 11) is 0. The van der Waals surface area contributed by atoms with Crippen molar-refractivity contribution in [1.82, 2.24) is 15.0 Å². The van der Waals surface area contributed by atoms with Crippen molar-refractivity contribution in [2.45, 2.75) is 25.8 Å². The predicted octanol–water partition coefficient (Wildman–Crippen LogP) is 0.785. The average molecular weight is 262 g/mol. The zero-order chi connectivity index (χ0) is 13.8. The molecule has 0 radical (unpaired) electrons. The standard InChI is InChI=1S/C12H14N4O3/c13-11(17)3-1-2-6-16-10-7-8(12(18)19)4-5-9(10)14-15-16/h4-5,7H,1-3,6H2,(H2,13,17)(H,18,19). The van der Waals surface area contributed by atoms with E-state index in [0.29, 0.717) is 30.4 Å². The molecule has 100 valence electrons. The monoisotopic (exact) mass is 262 g/mol. The average Bonchev–Trinajstić information content (AvgIpc) is 2.76. The van der Waals surface area contributed by atoms with Crippen LogP contribution in [-0.2, 0) is 11.3 Å². The Labute approximate surface area is 109 Å². The number of aromatic carboxylic acids is 1. The van der Waals surface area contributed by atoms with Crippen molar-refractivity contribution in [2.24, 2.45) is 5.73 Å². The number of aromatic nitrogens is 3. The van der Waals surface area contributed by atoms with Crippen molar-refractivity contribution in [3.8, 4) is 0 Å². The zero-order valence-electron chi connectivity index (χ0n) is 10.2. The highest BCUT2D eigenvalue weighted by atomic mass is 16.4. The van der Waals surface area contributed by atoms with Gasteiger partial charge in [-0.2, -0.15) is 0 Å². The van der Waals surface area contributed by atoms with E-state index in [2.05, 4.69) is 10.3 Å². The normalized spacial score (nSPS) is 10.7. The highest BCUT2D eigenvalue weighted by Gasteiger charge is 2.09. The van der Waals surface area contributed by atoms with Crippen LogP contribution < -0.4 is 5.73 Å². The molecule has 1 amide bonds. The summed E-state index contributed by atoms with van der Waals surface area (Å²) in [4.78, 5) is 21.5. The van der Waals surface area contributed by atoms with Gasteiger partial charge in [-0.05, 0) is 31.0 Å². The number of carboxylic acid groups (broad SMARTS) is 1. The maximum atomic E-state index is 10.9. The Morgan fingerprint density at radius 2 is 2.11 bits per heavy atom. The molecule has 7 nitrogen and oxygen atoms in total. The van der Waals surface area contributed by atoms with Crippen molar-refractivity contribution in [1.29, 1.82) is 0 Å². The lowest BCUT2D eigenvalue weighted by Gasteiger charge is -2.02. The third-order valence-electron chi connectivity index (χ3n) is 2.80. The van der Waals surface area contributed by atoms with E-state index in [1.807, 2.05) is 0 Å². The van der Waals surface area contributed by atoms with Crippen molar-refractivity contribution in [3.05, 3.63) is 23.8 Å². The Morgan fingerprint density at radius 1 is 1.32 bits per heavy atom. The number of amides is 1. The largest absolute Gasteiger partial charge is 0.478 e. The van der Waals surface area contributed by atoms with Gasteiger partial charge in [-0.1, -0.05) is 5.21 Å². The number of nitrogens with zero attached hydrogens (tertiary/aromatic N) is 3. The van der Waals surface area contributed by atoms with Crippen LogP contribution in [0.3, 0.4) is 0 Å². The summed E-state index contributed by atoms with van der Waals surface area (Å²) in [6.07, 6.45) is 1.75. The first kappa shape index (κ1) is 13.0. The number of benzene rings is 1. The quantitative estimate of drug-likeness (QED) is 0.747. The molecule has 0 saturated carbocycles. The zero-order valence-corrected chi connectivity index (χ0v) is 10.2. The maximum absolute atomic E-state index is 10.9. The first-order valence-corrected chi connectivity index (χ1v) is 5.93. The lowest BCUT2D eigenvalue weighted by Crippen LogP contribution is -2.10. The molecule has 0 spiro atoms. The number of nitrogens with two attached hydrogens (primary N) is 1. The van der Waals surface area contributed by atoms with Crippen LogP contribution in [0.1, 0.15) is 29.6 Å². The Morgan fingerprint density at radius 3 is 2.79 bits per heavy atom. The topological polar surface area (TPSA) is 111 Å². The van der Waals surface area contributed by atoms with Crippen molar-refractivity contribution >= 4 is 22.9 Å². The van der Waals surface area contributed by atoms with Gasteiger partial charge in [0.15, 0.2) is 0 Å². The minimum atomic E-state index is -0.983. The lowest BCUT2D eigenvalue weighted by atomic mass is 10.2. The van der Waals surface area contributed by atoms with Gasteiger partial charge in [0, 0.05) is 13.0 Å². The number of rotatable bonds is 6. The van der Waals surface area contributed by atoms with E-state index in [1.54, 1.807) is 16.8 Å². The molecule has 2 aromatic rings. The first-order chi connectivity index (χ1) is 9.08. The fraction of sp³-hybridized carbons (Fsp3) is 0.333. The number of hydrogen-bond donors (Lipinski definition) is 2. The number of carbonyl (C=O) groups is 2. The lowest BCUT2D eigenvalue weighted by molar-refractivity contribution is -0.118. The smallest absolute Gasteiger partial charge is 0.335 e. The van der Waals surface area contributed by atoms with Crippen LogP contribution in [0.25, 0.3) is 11.0 Å². The van der Waals surface area contributed by atoms with Crippen LogP contribution in [-0.4, -0.2) is 32.0 Å². The molecule has 0 aliphatic heterocycles. The summed E-state index contributed by atoms with van der Waals surface area (Å²) in [5.41, 5.74) is 6.59. The van der Waals surface area contributed by atoms with Crippen LogP contribution in [0.5, 0.6) is 0 Å². The summed E-state index contributed by atoms with van der Waals surface area (Å²) in [5.74, 6) is -1.31. The van der Waals surface area contributed by atoms with E-state index in [-0.39, 0.29) is 11.5 Å². The fourth-order valence-corrected chi connectivity index (χ4v) is 1.82. The molecule has 1 aromatic carbocycles. The minimum Gasteiger partial charge on any atom is -0.478 e. The molecule has 7 heteroatoms. The molecule has 2 rings (SSSR count). The second kappa shape index (κ2) is 5.47. The number of unbranched alkanes of at least 4 members (excludes halogenated alkanes) is 1. The molecule has 1 aromatic heterocycles. The predicted molar refractivity (Wildman–Crippen MR) is 67.5 cm³/mol. The van der Waals surface area contributed by atoms with E-state index in [4.69, 9.17) is 10.8 Å². The Kier molecular flexibility index (Phi) is 3.74. The van der Waals surface area contributed by atoms with Crippen LogP contribution in [0.2, 0.25) is 0 Å². The third kappa shape index (κ3) is 3.06. The summed E-state index contributed by atoms with van der Waals surface area (Å²) in [6.45, 7) is 0.576. The molecule has 1 heterocycles. The molecule has 0 unspecified atom stereocenters. The maximum Gasteiger partial charge on any atom is 0.335 e. The van der Waals surface area contributed by atoms with E-state index in [0.717, 1.165) is 6.42 Å². The van der Waals surface area contributed by atoms with E-state index < -0.39 is 5.97 Å². The summed E-state index contributed by atoms with van der Waals surface area (Å²) in [5, 5.41) is 16.9. The molecule has 0 fully saturated rings. The van der Waals surface area contributed by atoms with Gasteiger partial charge < -0.3 is 10.8 Å².